The zero-order valence-corrected chi connectivity index (χ0v) is 13.6. The summed E-state index contributed by atoms with van der Waals surface area (Å²) in [7, 11) is -1.72. The van der Waals surface area contributed by atoms with Crippen molar-refractivity contribution in [1.29, 1.82) is 0 Å². The van der Waals surface area contributed by atoms with E-state index in [2.05, 4.69) is 18.6 Å². The van der Waals surface area contributed by atoms with Crippen LogP contribution in [0, 0.1) is 11.8 Å². The smallest absolute Gasteiger partial charge is 0.279 e. The molecule has 1 fully saturated rings. The summed E-state index contributed by atoms with van der Waals surface area (Å²) in [6.45, 7) is 7.49. The van der Waals surface area contributed by atoms with E-state index < -0.39 is 10.2 Å². The van der Waals surface area contributed by atoms with E-state index >= 15 is 0 Å². The third kappa shape index (κ3) is 6.49. The predicted molar refractivity (Wildman–Crippen MR) is 78.8 cm³/mol. The molecule has 1 aliphatic rings. The van der Waals surface area contributed by atoms with Crippen molar-refractivity contribution in [3.05, 3.63) is 0 Å². The van der Waals surface area contributed by atoms with Gasteiger partial charge in [-0.05, 0) is 24.7 Å². The molecule has 1 rings (SSSR count). The number of methoxy groups -OCH3 is 1. The van der Waals surface area contributed by atoms with E-state index in [4.69, 9.17) is 9.47 Å². The lowest BCUT2D eigenvalue weighted by Crippen LogP contribution is -2.48. The minimum Gasteiger partial charge on any atom is -0.382 e. The average molecular weight is 308 g/mol. The van der Waals surface area contributed by atoms with E-state index in [1.54, 1.807) is 11.4 Å². The van der Waals surface area contributed by atoms with Gasteiger partial charge >= 0.3 is 0 Å². The Kier molecular flexibility index (Phi) is 7.98. The average Bonchev–Trinajstić information content (AvgIpc) is 2.36. The molecule has 20 heavy (non-hydrogen) atoms. The molecule has 1 aliphatic heterocycles. The van der Waals surface area contributed by atoms with E-state index in [0.29, 0.717) is 57.7 Å². The highest BCUT2D eigenvalue weighted by molar-refractivity contribution is 7.87. The number of piperidine rings is 1. The van der Waals surface area contributed by atoms with Crippen molar-refractivity contribution < 1.29 is 17.9 Å². The molecule has 0 aromatic carbocycles. The zero-order chi connectivity index (χ0) is 15.0. The lowest BCUT2D eigenvalue weighted by atomic mass is 9.94. The van der Waals surface area contributed by atoms with Gasteiger partial charge in [0, 0.05) is 33.4 Å². The molecule has 6 nitrogen and oxygen atoms in total. The number of nitrogens with one attached hydrogen (secondary N) is 1. The van der Waals surface area contributed by atoms with Gasteiger partial charge in [-0.1, -0.05) is 13.8 Å². The molecule has 0 amide bonds. The monoisotopic (exact) mass is 308 g/mol. The summed E-state index contributed by atoms with van der Waals surface area (Å²) in [6, 6.07) is 0. The molecular weight excluding hydrogens is 280 g/mol. The number of nitrogens with zero attached hydrogens (tertiary/aromatic N) is 1. The Hall–Kier alpha value is -0.210. The first-order valence-corrected chi connectivity index (χ1v) is 8.71. The van der Waals surface area contributed by atoms with E-state index in [1.165, 1.54) is 0 Å². The maximum Gasteiger partial charge on any atom is 0.279 e. The van der Waals surface area contributed by atoms with Crippen LogP contribution >= 0.6 is 0 Å². The molecule has 0 radical (unpaired) electrons. The van der Waals surface area contributed by atoms with Gasteiger partial charge in [0.1, 0.15) is 0 Å². The Morgan fingerprint density at radius 2 is 1.80 bits per heavy atom. The van der Waals surface area contributed by atoms with Crippen molar-refractivity contribution in [2.24, 2.45) is 11.8 Å². The highest BCUT2D eigenvalue weighted by Crippen LogP contribution is 2.22. The minimum absolute atomic E-state index is 0.411. The van der Waals surface area contributed by atoms with Crippen LogP contribution in [0.3, 0.4) is 0 Å². The van der Waals surface area contributed by atoms with Crippen LogP contribution in [0.15, 0.2) is 0 Å². The standard InChI is InChI=1S/C13H28N2O4S/c1-12-9-13(2)11-15(10-12)20(16,17)14-5-4-6-19-8-7-18-3/h12-14H,4-11H2,1-3H3. The zero-order valence-electron chi connectivity index (χ0n) is 12.8. The molecule has 0 aromatic heterocycles. The summed E-state index contributed by atoms with van der Waals surface area (Å²) in [4.78, 5) is 0. The van der Waals surface area contributed by atoms with Crippen LogP contribution in [0.2, 0.25) is 0 Å². The number of rotatable bonds is 9. The van der Waals surface area contributed by atoms with Gasteiger partial charge in [0.25, 0.3) is 10.2 Å². The molecule has 0 spiro atoms. The van der Waals surface area contributed by atoms with Crippen molar-refractivity contribution in [3.63, 3.8) is 0 Å². The predicted octanol–water partition coefficient (Wildman–Crippen LogP) is 0.852. The third-order valence-corrected chi connectivity index (χ3v) is 4.90. The van der Waals surface area contributed by atoms with E-state index in [0.717, 1.165) is 6.42 Å². The third-order valence-electron chi connectivity index (χ3n) is 3.36. The minimum atomic E-state index is -3.34. The fourth-order valence-electron chi connectivity index (χ4n) is 2.51. The van der Waals surface area contributed by atoms with Gasteiger partial charge in [-0.3, -0.25) is 0 Å². The van der Waals surface area contributed by atoms with E-state index in [1.807, 2.05) is 0 Å². The van der Waals surface area contributed by atoms with Crippen molar-refractivity contribution in [2.75, 3.05) is 46.6 Å². The van der Waals surface area contributed by atoms with E-state index in [-0.39, 0.29) is 0 Å². The van der Waals surface area contributed by atoms with Crippen molar-refractivity contribution >= 4 is 10.2 Å². The molecule has 120 valence electrons. The quantitative estimate of drug-likeness (QED) is 0.641. The Labute approximate surface area is 123 Å². The van der Waals surface area contributed by atoms with Crippen molar-refractivity contribution in [3.8, 4) is 0 Å². The summed E-state index contributed by atoms with van der Waals surface area (Å²) < 4.78 is 38.7. The largest absolute Gasteiger partial charge is 0.382 e. The fraction of sp³-hybridized carbons (Fsp3) is 1.00. The molecule has 2 unspecified atom stereocenters. The van der Waals surface area contributed by atoms with Crippen LogP contribution in [-0.4, -0.2) is 59.3 Å². The Morgan fingerprint density at radius 1 is 1.15 bits per heavy atom. The number of hydrogen-bond acceptors (Lipinski definition) is 4. The van der Waals surface area contributed by atoms with E-state index in [9.17, 15) is 8.42 Å². The SMILES string of the molecule is COCCOCCCNS(=O)(=O)N1CC(C)CC(C)C1. The normalized spacial score (nSPS) is 24.9. The second-order valence-corrected chi connectivity index (χ2v) is 7.38. The molecule has 1 saturated heterocycles. The molecule has 7 heteroatoms. The second kappa shape index (κ2) is 8.94. The lowest BCUT2D eigenvalue weighted by Gasteiger charge is -2.33. The molecule has 2 atom stereocenters. The first-order chi connectivity index (χ1) is 9.45. The summed E-state index contributed by atoms with van der Waals surface area (Å²) in [5, 5.41) is 0. The summed E-state index contributed by atoms with van der Waals surface area (Å²) in [5.41, 5.74) is 0. The van der Waals surface area contributed by atoms with Gasteiger partial charge < -0.3 is 9.47 Å². The molecule has 1 heterocycles. The van der Waals surface area contributed by atoms with Crippen LogP contribution in [0.4, 0.5) is 0 Å². The van der Waals surface area contributed by atoms with Gasteiger partial charge in [0.05, 0.1) is 13.2 Å². The van der Waals surface area contributed by atoms with Crippen LogP contribution in [0.5, 0.6) is 0 Å². The Morgan fingerprint density at radius 3 is 2.40 bits per heavy atom. The van der Waals surface area contributed by atoms with Crippen LogP contribution in [0.1, 0.15) is 26.7 Å². The molecule has 0 aromatic rings. The van der Waals surface area contributed by atoms with Gasteiger partial charge in [0.2, 0.25) is 0 Å². The number of hydrogen-bond donors (Lipinski definition) is 1. The maximum absolute atomic E-state index is 12.2. The molecule has 0 bridgehead atoms. The van der Waals surface area contributed by atoms with Gasteiger partial charge in [-0.2, -0.15) is 12.7 Å². The lowest BCUT2D eigenvalue weighted by molar-refractivity contribution is 0.0699. The van der Waals surface area contributed by atoms with Gasteiger partial charge in [-0.15, -0.1) is 0 Å². The number of ether oxygens (including phenoxy) is 2. The second-order valence-electron chi connectivity index (χ2n) is 5.62. The molecule has 0 aliphatic carbocycles. The van der Waals surface area contributed by atoms with Crippen LogP contribution < -0.4 is 4.72 Å². The first-order valence-electron chi connectivity index (χ1n) is 7.27. The van der Waals surface area contributed by atoms with Crippen LogP contribution in [0.25, 0.3) is 0 Å². The van der Waals surface area contributed by atoms with Gasteiger partial charge in [0.15, 0.2) is 0 Å². The molecular formula is C13H28N2O4S. The highest BCUT2D eigenvalue weighted by atomic mass is 32.2. The molecule has 0 saturated carbocycles. The summed E-state index contributed by atoms with van der Waals surface area (Å²) >= 11 is 0. The Balaban J connectivity index is 2.24. The van der Waals surface area contributed by atoms with Crippen LogP contribution in [-0.2, 0) is 19.7 Å². The van der Waals surface area contributed by atoms with Crippen molar-refractivity contribution in [1.82, 2.24) is 9.03 Å². The highest BCUT2D eigenvalue weighted by Gasteiger charge is 2.29. The topological polar surface area (TPSA) is 67.9 Å². The molecule has 1 N–H and O–H groups in total. The summed E-state index contributed by atoms with van der Waals surface area (Å²) in [5.74, 6) is 0.848. The van der Waals surface area contributed by atoms with Crippen molar-refractivity contribution in [2.45, 2.75) is 26.7 Å². The Bertz CT molecular complexity index is 351. The fourth-order valence-corrected chi connectivity index (χ4v) is 4.00. The maximum atomic E-state index is 12.2. The summed E-state index contributed by atoms with van der Waals surface area (Å²) in [6.07, 6.45) is 1.77. The first kappa shape index (κ1) is 17.8. The van der Waals surface area contributed by atoms with Gasteiger partial charge in [-0.25, -0.2) is 4.72 Å².